The molecule has 1 fully saturated rings. The Morgan fingerprint density at radius 2 is 2.07 bits per heavy atom. The van der Waals surface area contributed by atoms with E-state index in [-0.39, 0.29) is 5.60 Å². The molecule has 1 saturated carbocycles. The first kappa shape index (κ1) is 10.7. The molecule has 1 aromatic carbocycles. The van der Waals surface area contributed by atoms with Gasteiger partial charge in [-0.3, -0.25) is 0 Å². The first-order valence-corrected chi connectivity index (χ1v) is 5.20. The van der Waals surface area contributed by atoms with E-state index < -0.39 is 7.12 Å². The molecular formula is C11H15BO3. The maximum atomic E-state index is 9.09. The van der Waals surface area contributed by atoms with Crippen molar-refractivity contribution >= 4 is 12.6 Å². The molecule has 0 spiro atoms. The van der Waals surface area contributed by atoms with Crippen LogP contribution in [0.3, 0.4) is 0 Å². The zero-order chi connectivity index (χ0) is 10.9. The highest BCUT2D eigenvalue weighted by Gasteiger charge is 2.39. The summed E-state index contributed by atoms with van der Waals surface area (Å²) in [4.78, 5) is 0. The van der Waals surface area contributed by atoms with Crippen molar-refractivity contribution in [1.29, 1.82) is 0 Å². The van der Waals surface area contributed by atoms with Crippen LogP contribution in [0.15, 0.2) is 24.3 Å². The Kier molecular flexibility index (Phi) is 2.82. The number of rotatable bonds is 3. The van der Waals surface area contributed by atoms with Gasteiger partial charge in [-0.25, -0.2) is 0 Å². The van der Waals surface area contributed by atoms with Gasteiger partial charge in [-0.2, -0.15) is 0 Å². The Labute approximate surface area is 89.8 Å². The Balaban J connectivity index is 2.31. The molecule has 0 radical (unpaired) electrons. The molecule has 4 heteroatoms. The molecule has 0 bridgehead atoms. The highest BCUT2D eigenvalue weighted by Crippen LogP contribution is 2.43. The van der Waals surface area contributed by atoms with Gasteiger partial charge in [-0.15, -0.1) is 0 Å². The topological polar surface area (TPSA) is 49.7 Å². The predicted molar refractivity (Wildman–Crippen MR) is 58.8 cm³/mol. The van der Waals surface area contributed by atoms with Crippen molar-refractivity contribution in [2.45, 2.75) is 24.9 Å². The second-order valence-corrected chi connectivity index (χ2v) is 4.05. The van der Waals surface area contributed by atoms with Crippen LogP contribution in [0.5, 0.6) is 0 Å². The molecule has 0 aromatic heterocycles. The van der Waals surface area contributed by atoms with Gasteiger partial charge in [0.1, 0.15) is 0 Å². The van der Waals surface area contributed by atoms with Gasteiger partial charge in [0.2, 0.25) is 0 Å². The van der Waals surface area contributed by atoms with E-state index in [1.54, 1.807) is 13.2 Å². The number of methoxy groups -OCH3 is 1. The lowest BCUT2D eigenvalue weighted by Gasteiger charge is -2.41. The van der Waals surface area contributed by atoms with E-state index in [1.807, 2.05) is 18.2 Å². The minimum Gasteiger partial charge on any atom is -0.423 e. The average Bonchev–Trinajstić information content (AvgIpc) is 2.17. The van der Waals surface area contributed by atoms with E-state index in [4.69, 9.17) is 14.8 Å². The molecule has 0 aliphatic heterocycles. The molecule has 1 aromatic rings. The standard InChI is InChI=1S/C11H15BO3/c1-15-11(6-3-7-11)9-4-2-5-10(8-9)12(13)14/h2,4-5,8,13-14H,3,6-7H2,1H3. The van der Waals surface area contributed by atoms with Crippen LogP contribution in [-0.2, 0) is 10.3 Å². The Hall–Kier alpha value is -0.835. The second-order valence-electron chi connectivity index (χ2n) is 4.05. The minimum atomic E-state index is -1.40. The van der Waals surface area contributed by atoms with E-state index in [0.29, 0.717) is 5.46 Å². The summed E-state index contributed by atoms with van der Waals surface area (Å²) >= 11 is 0. The van der Waals surface area contributed by atoms with Crippen LogP contribution < -0.4 is 5.46 Å². The lowest BCUT2D eigenvalue weighted by atomic mass is 9.71. The van der Waals surface area contributed by atoms with E-state index >= 15 is 0 Å². The van der Waals surface area contributed by atoms with Gasteiger partial charge >= 0.3 is 7.12 Å². The Morgan fingerprint density at radius 3 is 2.53 bits per heavy atom. The summed E-state index contributed by atoms with van der Waals surface area (Å²) in [5, 5.41) is 18.2. The Bertz CT molecular complexity index is 342. The third-order valence-corrected chi connectivity index (χ3v) is 3.26. The molecule has 80 valence electrons. The lowest BCUT2D eigenvalue weighted by molar-refractivity contribution is -0.0778. The average molecular weight is 206 g/mol. The van der Waals surface area contributed by atoms with Gasteiger partial charge < -0.3 is 14.8 Å². The zero-order valence-corrected chi connectivity index (χ0v) is 8.81. The molecule has 2 N–H and O–H groups in total. The molecule has 0 heterocycles. The number of hydrogen-bond donors (Lipinski definition) is 2. The molecule has 0 atom stereocenters. The molecule has 1 aliphatic rings. The van der Waals surface area contributed by atoms with Crippen molar-refractivity contribution in [3.05, 3.63) is 29.8 Å². The van der Waals surface area contributed by atoms with Gasteiger partial charge in [0, 0.05) is 7.11 Å². The van der Waals surface area contributed by atoms with Crippen LogP contribution >= 0.6 is 0 Å². The molecule has 2 rings (SSSR count). The summed E-state index contributed by atoms with van der Waals surface area (Å²) in [6, 6.07) is 7.33. The molecule has 0 saturated heterocycles. The summed E-state index contributed by atoms with van der Waals surface area (Å²) in [7, 11) is 0.306. The maximum Gasteiger partial charge on any atom is 0.488 e. The van der Waals surface area contributed by atoms with E-state index in [0.717, 1.165) is 18.4 Å². The number of ether oxygens (including phenoxy) is 1. The Morgan fingerprint density at radius 1 is 1.33 bits per heavy atom. The van der Waals surface area contributed by atoms with Crippen molar-refractivity contribution in [3.63, 3.8) is 0 Å². The summed E-state index contributed by atoms with van der Waals surface area (Å²) < 4.78 is 5.53. The van der Waals surface area contributed by atoms with Gasteiger partial charge in [-0.05, 0) is 30.3 Å². The largest absolute Gasteiger partial charge is 0.488 e. The van der Waals surface area contributed by atoms with Crippen LogP contribution in [0, 0.1) is 0 Å². The van der Waals surface area contributed by atoms with Gasteiger partial charge in [-0.1, -0.05) is 24.3 Å². The quantitative estimate of drug-likeness (QED) is 0.703. The van der Waals surface area contributed by atoms with Crippen molar-refractivity contribution in [2.24, 2.45) is 0 Å². The van der Waals surface area contributed by atoms with Crippen LogP contribution in [0.4, 0.5) is 0 Å². The predicted octanol–water partition coefficient (Wildman–Crippen LogP) is 0.392. The van der Waals surface area contributed by atoms with E-state index in [1.165, 1.54) is 6.42 Å². The molecule has 15 heavy (non-hydrogen) atoms. The summed E-state index contributed by atoms with van der Waals surface area (Å²) in [6.45, 7) is 0. The van der Waals surface area contributed by atoms with Gasteiger partial charge in [0.25, 0.3) is 0 Å². The minimum absolute atomic E-state index is 0.190. The summed E-state index contributed by atoms with van der Waals surface area (Å²) in [6.07, 6.45) is 3.18. The number of benzene rings is 1. The third-order valence-electron chi connectivity index (χ3n) is 3.26. The molecule has 3 nitrogen and oxygen atoms in total. The molecular weight excluding hydrogens is 191 g/mol. The van der Waals surface area contributed by atoms with Crippen LogP contribution in [0.2, 0.25) is 0 Å². The molecule has 0 unspecified atom stereocenters. The highest BCUT2D eigenvalue weighted by molar-refractivity contribution is 6.58. The smallest absolute Gasteiger partial charge is 0.423 e. The zero-order valence-electron chi connectivity index (χ0n) is 8.81. The normalized spacial score (nSPS) is 18.3. The summed E-state index contributed by atoms with van der Waals surface area (Å²) in [5.74, 6) is 0. The van der Waals surface area contributed by atoms with E-state index in [9.17, 15) is 0 Å². The van der Waals surface area contributed by atoms with Crippen LogP contribution in [0.25, 0.3) is 0 Å². The maximum absolute atomic E-state index is 9.09. The lowest BCUT2D eigenvalue weighted by Crippen LogP contribution is -2.38. The SMILES string of the molecule is COC1(c2cccc(B(O)O)c2)CCC1. The first-order valence-electron chi connectivity index (χ1n) is 5.20. The van der Waals surface area contributed by atoms with E-state index in [2.05, 4.69) is 0 Å². The van der Waals surface area contributed by atoms with Crippen molar-refractivity contribution in [2.75, 3.05) is 7.11 Å². The fourth-order valence-electron chi connectivity index (χ4n) is 2.09. The fraction of sp³-hybridized carbons (Fsp3) is 0.455. The molecule has 0 amide bonds. The fourth-order valence-corrected chi connectivity index (χ4v) is 2.09. The summed E-state index contributed by atoms with van der Waals surface area (Å²) in [5.41, 5.74) is 1.38. The number of hydrogen-bond acceptors (Lipinski definition) is 3. The van der Waals surface area contributed by atoms with Crippen LogP contribution in [0.1, 0.15) is 24.8 Å². The van der Waals surface area contributed by atoms with Gasteiger partial charge in [0.05, 0.1) is 5.60 Å². The van der Waals surface area contributed by atoms with Crippen LogP contribution in [-0.4, -0.2) is 24.3 Å². The second kappa shape index (κ2) is 3.97. The van der Waals surface area contributed by atoms with Crippen molar-refractivity contribution in [3.8, 4) is 0 Å². The van der Waals surface area contributed by atoms with Crippen molar-refractivity contribution in [1.82, 2.24) is 0 Å². The third kappa shape index (κ3) is 1.80. The van der Waals surface area contributed by atoms with Gasteiger partial charge in [0.15, 0.2) is 0 Å². The highest BCUT2D eigenvalue weighted by atomic mass is 16.5. The molecule has 1 aliphatic carbocycles. The monoisotopic (exact) mass is 206 g/mol. The first-order chi connectivity index (χ1) is 7.18. The van der Waals surface area contributed by atoms with Crippen molar-refractivity contribution < 1.29 is 14.8 Å².